The highest BCUT2D eigenvalue weighted by Crippen LogP contribution is 2.27. The van der Waals surface area contributed by atoms with E-state index in [1.54, 1.807) is 46.9 Å². The van der Waals surface area contributed by atoms with E-state index in [-0.39, 0.29) is 5.82 Å². The van der Waals surface area contributed by atoms with E-state index in [9.17, 15) is 8.60 Å². The SMILES string of the molecule is COc1cccc(S(=O)C/C=C\SSCc2ccc(F)cc2)c1. The maximum Gasteiger partial charge on any atom is 0.123 e. The summed E-state index contributed by atoms with van der Waals surface area (Å²) < 4.78 is 30.1. The van der Waals surface area contributed by atoms with Crippen LogP contribution in [-0.4, -0.2) is 17.1 Å². The molecule has 0 heterocycles. The van der Waals surface area contributed by atoms with Crippen LogP contribution in [0, 0.1) is 5.82 Å². The van der Waals surface area contributed by atoms with Crippen LogP contribution < -0.4 is 4.74 Å². The van der Waals surface area contributed by atoms with Gasteiger partial charge < -0.3 is 4.74 Å². The minimum absolute atomic E-state index is 0.216. The molecular weight excluding hydrogens is 351 g/mol. The largest absolute Gasteiger partial charge is 0.497 e. The molecule has 1 unspecified atom stereocenters. The number of hydrogen-bond acceptors (Lipinski definition) is 4. The van der Waals surface area contributed by atoms with E-state index in [1.807, 2.05) is 29.7 Å². The van der Waals surface area contributed by atoms with Crippen molar-refractivity contribution >= 4 is 32.4 Å². The number of hydrogen-bond donors (Lipinski definition) is 0. The first-order chi connectivity index (χ1) is 11.2. The Labute approximate surface area is 146 Å². The molecule has 0 N–H and O–H groups in total. The highest BCUT2D eigenvalue weighted by atomic mass is 33.1. The Hall–Kier alpha value is -1.24. The van der Waals surface area contributed by atoms with E-state index < -0.39 is 10.8 Å². The molecule has 0 fully saturated rings. The van der Waals surface area contributed by atoms with E-state index in [1.165, 1.54) is 12.1 Å². The van der Waals surface area contributed by atoms with Crippen LogP contribution in [0.3, 0.4) is 0 Å². The first-order valence-electron chi connectivity index (χ1n) is 6.89. The summed E-state index contributed by atoms with van der Waals surface area (Å²) in [7, 11) is 3.76. The molecule has 0 saturated heterocycles. The average molecular weight is 369 g/mol. The maximum absolute atomic E-state index is 12.8. The van der Waals surface area contributed by atoms with Crippen LogP contribution in [-0.2, 0) is 16.6 Å². The zero-order valence-electron chi connectivity index (χ0n) is 12.6. The number of halogens is 1. The van der Waals surface area contributed by atoms with Gasteiger partial charge in [0, 0.05) is 16.4 Å². The monoisotopic (exact) mass is 368 g/mol. The lowest BCUT2D eigenvalue weighted by molar-refractivity contribution is 0.413. The van der Waals surface area contributed by atoms with Gasteiger partial charge in [-0.2, -0.15) is 0 Å². The standard InChI is InChI=1S/C17H17FO2S3/c1-20-16-4-2-5-17(12-16)23(19)11-3-10-21-22-13-14-6-8-15(18)9-7-14/h2-10,12H,11,13H2,1H3/b10-3-. The Balaban J connectivity index is 1.71. The topological polar surface area (TPSA) is 26.3 Å². The van der Waals surface area contributed by atoms with Gasteiger partial charge in [-0.05, 0) is 41.3 Å². The fourth-order valence-electron chi connectivity index (χ4n) is 1.73. The molecule has 0 aliphatic heterocycles. The molecular formula is C17H17FO2S3. The first-order valence-corrected chi connectivity index (χ1v) is 10.6. The molecule has 0 spiro atoms. The molecule has 2 rings (SSSR count). The molecule has 0 amide bonds. The van der Waals surface area contributed by atoms with Crippen molar-refractivity contribution in [1.29, 1.82) is 0 Å². The first kappa shape index (κ1) is 18.1. The normalized spacial score (nSPS) is 12.4. The van der Waals surface area contributed by atoms with E-state index in [2.05, 4.69) is 0 Å². The van der Waals surface area contributed by atoms with Crippen LogP contribution >= 0.6 is 21.6 Å². The van der Waals surface area contributed by atoms with Crippen LogP contribution in [0.15, 0.2) is 64.9 Å². The Bertz CT molecular complexity index is 672. The van der Waals surface area contributed by atoms with Gasteiger partial charge in [-0.25, -0.2) is 4.39 Å². The zero-order valence-corrected chi connectivity index (χ0v) is 15.1. The summed E-state index contributed by atoms with van der Waals surface area (Å²) >= 11 is 0. The third-order valence-electron chi connectivity index (χ3n) is 2.91. The molecule has 122 valence electrons. The Morgan fingerprint density at radius 1 is 1.22 bits per heavy atom. The number of ether oxygens (including phenoxy) is 1. The summed E-state index contributed by atoms with van der Waals surface area (Å²) in [6.07, 6.45) is 1.90. The lowest BCUT2D eigenvalue weighted by Crippen LogP contribution is -1.95. The van der Waals surface area contributed by atoms with Crippen molar-refractivity contribution in [3.8, 4) is 5.75 Å². The maximum atomic E-state index is 12.8. The summed E-state index contributed by atoms with van der Waals surface area (Å²) in [5.74, 6) is 1.77. The fourth-order valence-corrected chi connectivity index (χ4v) is 4.52. The lowest BCUT2D eigenvalue weighted by Gasteiger charge is -2.02. The van der Waals surface area contributed by atoms with Gasteiger partial charge >= 0.3 is 0 Å². The molecule has 6 heteroatoms. The van der Waals surface area contributed by atoms with E-state index >= 15 is 0 Å². The second-order valence-electron chi connectivity index (χ2n) is 4.55. The quantitative estimate of drug-likeness (QED) is 0.482. The highest BCUT2D eigenvalue weighted by Gasteiger charge is 2.02. The molecule has 1 atom stereocenters. The summed E-state index contributed by atoms with van der Waals surface area (Å²) in [5, 5.41) is 1.94. The summed E-state index contributed by atoms with van der Waals surface area (Å²) in [6, 6.07) is 13.8. The zero-order chi connectivity index (χ0) is 16.5. The Kier molecular flexibility index (Phi) is 7.71. The van der Waals surface area contributed by atoms with E-state index in [0.717, 1.165) is 16.2 Å². The van der Waals surface area contributed by atoms with Crippen LogP contribution in [0.4, 0.5) is 4.39 Å². The molecule has 0 aliphatic carbocycles. The molecule has 0 radical (unpaired) electrons. The number of methoxy groups -OCH3 is 1. The predicted octanol–water partition coefficient (Wildman–Crippen LogP) is 5.04. The second-order valence-corrected chi connectivity index (χ2v) is 8.32. The molecule has 0 saturated carbocycles. The average Bonchev–Trinajstić information content (AvgIpc) is 2.59. The van der Waals surface area contributed by atoms with Crippen molar-refractivity contribution in [3.63, 3.8) is 0 Å². The van der Waals surface area contributed by atoms with Gasteiger partial charge in [0.15, 0.2) is 0 Å². The third-order valence-corrected chi connectivity index (χ3v) is 6.17. The van der Waals surface area contributed by atoms with E-state index in [4.69, 9.17) is 4.74 Å². The van der Waals surface area contributed by atoms with Gasteiger partial charge in [-0.15, -0.1) is 0 Å². The number of benzene rings is 2. The summed E-state index contributed by atoms with van der Waals surface area (Å²) in [4.78, 5) is 0.762. The minimum atomic E-state index is -1.07. The Morgan fingerprint density at radius 3 is 2.74 bits per heavy atom. The van der Waals surface area contributed by atoms with Gasteiger partial charge in [-0.3, -0.25) is 4.21 Å². The van der Waals surface area contributed by atoms with Crippen LogP contribution in [0.25, 0.3) is 0 Å². The van der Waals surface area contributed by atoms with Crippen LogP contribution in [0.5, 0.6) is 5.75 Å². The molecule has 23 heavy (non-hydrogen) atoms. The van der Waals surface area contributed by atoms with Crippen molar-refractivity contribution in [1.82, 2.24) is 0 Å². The molecule has 0 aromatic heterocycles. The molecule has 0 aliphatic rings. The lowest BCUT2D eigenvalue weighted by atomic mass is 10.2. The van der Waals surface area contributed by atoms with E-state index in [0.29, 0.717) is 11.5 Å². The third kappa shape index (κ3) is 6.41. The number of rotatable bonds is 8. The second kappa shape index (κ2) is 9.80. The van der Waals surface area contributed by atoms with Crippen LogP contribution in [0.2, 0.25) is 0 Å². The summed E-state index contributed by atoms with van der Waals surface area (Å²) in [5.41, 5.74) is 1.08. The molecule has 0 bridgehead atoms. The molecule has 2 nitrogen and oxygen atoms in total. The fraction of sp³-hybridized carbons (Fsp3) is 0.176. The van der Waals surface area contributed by atoms with Gasteiger partial charge in [-0.1, -0.05) is 45.9 Å². The van der Waals surface area contributed by atoms with Gasteiger partial charge in [0.05, 0.1) is 17.9 Å². The smallest absolute Gasteiger partial charge is 0.123 e. The van der Waals surface area contributed by atoms with Gasteiger partial charge in [0.1, 0.15) is 11.6 Å². The molecule has 2 aromatic carbocycles. The van der Waals surface area contributed by atoms with Gasteiger partial charge in [0.25, 0.3) is 0 Å². The van der Waals surface area contributed by atoms with Crippen molar-refractivity contribution in [2.24, 2.45) is 0 Å². The van der Waals surface area contributed by atoms with Crippen molar-refractivity contribution in [2.75, 3.05) is 12.9 Å². The Morgan fingerprint density at radius 2 is 2.00 bits per heavy atom. The van der Waals surface area contributed by atoms with Crippen molar-refractivity contribution in [3.05, 3.63) is 71.4 Å². The van der Waals surface area contributed by atoms with Gasteiger partial charge in [0.2, 0.25) is 0 Å². The van der Waals surface area contributed by atoms with Crippen molar-refractivity contribution in [2.45, 2.75) is 10.6 Å². The van der Waals surface area contributed by atoms with Crippen LogP contribution in [0.1, 0.15) is 5.56 Å². The minimum Gasteiger partial charge on any atom is -0.497 e. The summed E-state index contributed by atoms with van der Waals surface area (Å²) in [6.45, 7) is 0. The van der Waals surface area contributed by atoms with Crippen molar-refractivity contribution < 1.29 is 13.3 Å². The molecule has 2 aromatic rings. The highest BCUT2D eigenvalue weighted by molar-refractivity contribution is 8.77. The predicted molar refractivity (Wildman–Crippen MR) is 98.7 cm³/mol.